The number of fused-ring (bicyclic) bond motifs is 3. The minimum atomic E-state index is -1.12. The summed E-state index contributed by atoms with van der Waals surface area (Å²) in [6.45, 7) is 10.3. The van der Waals surface area contributed by atoms with Crippen molar-refractivity contribution in [1.82, 2.24) is 4.98 Å². The van der Waals surface area contributed by atoms with Crippen LogP contribution >= 0.6 is 11.6 Å². The second-order valence-corrected chi connectivity index (χ2v) is 10.8. The first-order chi connectivity index (χ1) is 19.8. The predicted octanol–water partition coefficient (Wildman–Crippen LogP) is 7.14. The molecule has 0 unspecified atom stereocenters. The van der Waals surface area contributed by atoms with Crippen LogP contribution in [-0.4, -0.2) is 27.9 Å². The van der Waals surface area contributed by atoms with Gasteiger partial charge in [-0.3, -0.25) is 4.79 Å². The molecule has 0 saturated carbocycles. The molecular weight excluding hydrogens is 559 g/mol. The molecule has 0 saturated heterocycles. The van der Waals surface area contributed by atoms with E-state index in [-0.39, 0.29) is 21.8 Å². The van der Waals surface area contributed by atoms with Gasteiger partial charge in [-0.2, -0.15) is 4.79 Å². The third-order valence-corrected chi connectivity index (χ3v) is 7.49. The molecule has 1 heterocycles. The summed E-state index contributed by atoms with van der Waals surface area (Å²) < 4.78 is 13.9. The Kier molecular flexibility index (Phi) is 7.06. The fraction of sp³-hybridized carbons (Fsp3) is 0.125. The molecular formula is C32H25ClFN4O4+. The van der Waals surface area contributed by atoms with Gasteiger partial charge in [0.1, 0.15) is 18.1 Å². The Balaban J connectivity index is 1.81. The van der Waals surface area contributed by atoms with Crippen LogP contribution in [0.4, 0.5) is 14.9 Å². The van der Waals surface area contributed by atoms with Crippen LogP contribution < -0.4 is 10.6 Å². The zero-order valence-electron chi connectivity index (χ0n) is 22.8. The molecule has 5 aromatic rings. The number of primary amides is 1. The fourth-order valence-corrected chi connectivity index (χ4v) is 5.44. The number of benzene rings is 4. The molecule has 0 radical (unpaired) electrons. The summed E-state index contributed by atoms with van der Waals surface area (Å²) in [5, 5.41) is 12.0. The number of nitrogens with zero attached hydrogens (tertiary/aromatic N) is 2. The van der Waals surface area contributed by atoms with Crippen LogP contribution in [0.5, 0.6) is 0 Å². The van der Waals surface area contributed by atoms with Crippen LogP contribution in [-0.2, 0) is 5.60 Å². The standard InChI is InChI=1S/C32H24ClFN4O4/c1-16-20(9-6-10-25(16)38(31(41)36-4)30(40)17-7-5-8-19(34)13-17)26-23(33)15-22(29(35)39)28-27(26)21-12-11-18(32(2,3)42)14-24(21)37-28/h4-15,42H,1-3H3,(H2-,35,37,39)/p+1. The maximum atomic E-state index is 13.9. The lowest BCUT2D eigenvalue weighted by Gasteiger charge is -2.18. The SMILES string of the molecule is C#[N+]C(=O)N(C(=O)c1cccc(F)c1)c1cccc(-c2c(Cl)cc(C(N)=O)c3[nH]c4cc(C(C)(C)O)ccc4c23)c1C. The average molecular weight is 584 g/mol. The van der Waals surface area contributed by atoms with Gasteiger partial charge in [0.05, 0.1) is 22.2 Å². The molecule has 5 rings (SSSR count). The molecule has 0 atom stereocenters. The summed E-state index contributed by atoms with van der Waals surface area (Å²) in [6, 6.07) is 15.6. The summed E-state index contributed by atoms with van der Waals surface area (Å²) in [5.41, 5.74) is 8.01. The van der Waals surface area contributed by atoms with E-state index in [1.54, 1.807) is 45.0 Å². The number of rotatable bonds is 5. The van der Waals surface area contributed by atoms with E-state index in [1.165, 1.54) is 30.3 Å². The fourth-order valence-electron chi connectivity index (χ4n) is 5.13. The maximum absolute atomic E-state index is 13.9. The molecule has 0 fully saturated rings. The second kappa shape index (κ2) is 10.4. The number of nitrogens with one attached hydrogen (secondary N) is 1. The number of carbonyl (C=O) groups is 3. The number of aromatic nitrogens is 1. The molecule has 0 aliphatic rings. The van der Waals surface area contributed by atoms with Crippen LogP contribution in [0.3, 0.4) is 0 Å². The number of imide groups is 1. The van der Waals surface area contributed by atoms with E-state index >= 15 is 0 Å². The number of amides is 4. The van der Waals surface area contributed by atoms with Crippen molar-refractivity contribution < 1.29 is 23.9 Å². The third kappa shape index (κ3) is 4.77. The number of aromatic amines is 1. The van der Waals surface area contributed by atoms with Crippen LogP contribution in [0.1, 0.15) is 45.7 Å². The van der Waals surface area contributed by atoms with Gasteiger partial charge < -0.3 is 15.8 Å². The number of aliphatic hydroxyl groups is 1. The topological polar surface area (TPSA) is 121 Å². The van der Waals surface area contributed by atoms with Crippen molar-refractivity contribution in [2.75, 3.05) is 4.90 Å². The van der Waals surface area contributed by atoms with Gasteiger partial charge in [-0.15, -0.1) is 9.74 Å². The number of nitrogens with two attached hydrogens (primary N) is 1. The Bertz CT molecular complexity index is 2000. The van der Waals surface area contributed by atoms with Crippen molar-refractivity contribution in [3.63, 3.8) is 0 Å². The van der Waals surface area contributed by atoms with Crippen molar-refractivity contribution in [1.29, 1.82) is 0 Å². The smallest absolute Gasteiger partial charge is 0.386 e. The van der Waals surface area contributed by atoms with E-state index in [0.717, 1.165) is 11.0 Å². The van der Waals surface area contributed by atoms with E-state index in [1.807, 2.05) is 6.07 Å². The molecule has 42 heavy (non-hydrogen) atoms. The second-order valence-electron chi connectivity index (χ2n) is 10.4. The first kappa shape index (κ1) is 28.5. The molecule has 1 aromatic heterocycles. The molecule has 8 nitrogen and oxygen atoms in total. The number of halogens is 2. The minimum Gasteiger partial charge on any atom is -0.386 e. The summed E-state index contributed by atoms with van der Waals surface area (Å²) in [4.78, 5) is 46.0. The minimum absolute atomic E-state index is 0.0812. The Morgan fingerprint density at radius 1 is 1.07 bits per heavy atom. The van der Waals surface area contributed by atoms with E-state index in [2.05, 4.69) is 9.83 Å². The molecule has 0 aliphatic heterocycles. The van der Waals surface area contributed by atoms with Gasteiger partial charge in [-0.1, -0.05) is 41.9 Å². The summed E-state index contributed by atoms with van der Waals surface area (Å²) in [7, 11) is 0. The lowest BCUT2D eigenvalue weighted by Crippen LogP contribution is -2.35. The van der Waals surface area contributed by atoms with E-state index in [4.69, 9.17) is 23.9 Å². The van der Waals surface area contributed by atoms with Gasteiger partial charge in [0.2, 0.25) is 0 Å². The summed E-state index contributed by atoms with van der Waals surface area (Å²) in [6.07, 6.45) is 0. The normalized spacial score (nSPS) is 11.5. The summed E-state index contributed by atoms with van der Waals surface area (Å²) >= 11 is 6.83. The van der Waals surface area contributed by atoms with Gasteiger partial charge in [0.15, 0.2) is 0 Å². The highest BCUT2D eigenvalue weighted by Gasteiger charge is 2.37. The first-order valence-corrected chi connectivity index (χ1v) is 13.2. The van der Waals surface area contributed by atoms with Gasteiger partial charge in [0, 0.05) is 32.4 Å². The van der Waals surface area contributed by atoms with Crippen molar-refractivity contribution in [2.24, 2.45) is 5.73 Å². The molecule has 210 valence electrons. The summed E-state index contributed by atoms with van der Waals surface area (Å²) in [5.74, 6) is -2.19. The number of carbonyl (C=O) groups excluding carboxylic acids is 3. The molecule has 0 spiro atoms. The zero-order valence-corrected chi connectivity index (χ0v) is 23.6. The largest absolute Gasteiger partial charge is 0.613 e. The molecule has 0 bridgehead atoms. The molecule has 4 aromatic carbocycles. The van der Waals surface area contributed by atoms with Crippen molar-refractivity contribution in [3.8, 4) is 17.7 Å². The molecule has 10 heteroatoms. The van der Waals surface area contributed by atoms with Crippen molar-refractivity contribution >= 4 is 56.9 Å². The lowest BCUT2D eigenvalue weighted by atomic mass is 9.92. The van der Waals surface area contributed by atoms with Crippen LogP contribution in [0.15, 0.2) is 66.7 Å². The van der Waals surface area contributed by atoms with E-state index < -0.39 is 29.3 Å². The van der Waals surface area contributed by atoms with Crippen LogP contribution in [0, 0.1) is 19.3 Å². The maximum Gasteiger partial charge on any atom is 0.613 e. The number of hydrogen-bond donors (Lipinski definition) is 3. The first-order valence-electron chi connectivity index (χ1n) is 12.8. The van der Waals surface area contributed by atoms with Crippen LogP contribution in [0.25, 0.3) is 37.8 Å². The zero-order chi connectivity index (χ0) is 30.5. The van der Waals surface area contributed by atoms with Gasteiger partial charge >= 0.3 is 11.9 Å². The highest BCUT2D eigenvalue weighted by atomic mass is 35.5. The highest BCUT2D eigenvalue weighted by molar-refractivity contribution is 6.37. The highest BCUT2D eigenvalue weighted by Crippen LogP contribution is 2.44. The predicted molar refractivity (Wildman–Crippen MR) is 162 cm³/mol. The quantitative estimate of drug-likeness (QED) is 0.203. The molecule has 0 aliphatic carbocycles. The monoisotopic (exact) mass is 583 g/mol. The van der Waals surface area contributed by atoms with Gasteiger partial charge in [0.25, 0.3) is 5.91 Å². The number of anilines is 1. The van der Waals surface area contributed by atoms with Crippen molar-refractivity contribution in [3.05, 3.63) is 105 Å². The van der Waals surface area contributed by atoms with Crippen molar-refractivity contribution in [2.45, 2.75) is 26.4 Å². The number of H-pyrrole nitrogens is 1. The Morgan fingerprint density at radius 2 is 1.79 bits per heavy atom. The third-order valence-electron chi connectivity index (χ3n) is 7.19. The molecule has 4 amide bonds. The number of hydrogen-bond acceptors (Lipinski definition) is 4. The lowest BCUT2D eigenvalue weighted by molar-refractivity contribution is 0.0787. The van der Waals surface area contributed by atoms with Crippen LogP contribution in [0.2, 0.25) is 5.02 Å². The van der Waals surface area contributed by atoms with E-state index in [9.17, 15) is 23.9 Å². The Morgan fingerprint density at radius 3 is 2.43 bits per heavy atom. The van der Waals surface area contributed by atoms with Gasteiger partial charge in [-0.05, 0) is 68.3 Å². The Hall–Kier alpha value is -5.04. The Labute approximate surface area is 244 Å². The van der Waals surface area contributed by atoms with E-state index in [0.29, 0.717) is 44.1 Å². The number of urea groups is 1. The molecule has 4 N–H and O–H groups in total. The average Bonchev–Trinajstić information content (AvgIpc) is 3.32. The van der Waals surface area contributed by atoms with Gasteiger partial charge in [-0.25, -0.2) is 9.18 Å².